The van der Waals surface area contributed by atoms with E-state index in [1.165, 1.54) is 0 Å². The Hall–Kier alpha value is -1.77. The molecule has 1 aliphatic rings. The van der Waals surface area contributed by atoms with Crippen LogP contribution in [0.3, 0.4) is 0 Å². The maximum absolute atomic E-state index is 11.1. The first-order valence-corrected chi connectivity index (χ1v) is 5.58. The van der Waals surface area contributed by atoms with Crippen LogP contribution >= 0.6 is 0 Å². The highest BCUT2D eigenvalue weighted by Crippen LogP contribution is 2.21. The van der Waals surface area contributed by atoms with Crippen LogP contribution in [-0.2, 0) is 11.2 Å². The standard InChI is InChI=1S/C13H13NO2/c15-13-6-5-10(14-13)8-11-7-9-3-1-2-4-12(9)16-11/h1-4,7,10H,5-6,8H2,(H,14,15). The van der Waals surface area contributed by atoms with Gasteiger partial charge in [-0.15, -0.1) is 0 Å². The number of hydrogen-bond acceptors (Lipinski definition) is 2. The zero-order chi connectivity index (χ0) is 11.0. The van der Waals surface area contributed by atoms with E-state index in [1.807, 2.05) is 24.3 Å². The third kappa shape index (κ3) is 1.69. The molecule has 0 radical (unpaired) electrons. The highest BCUT2D eigenvalue weighted by molar-refractivity contribution is 5.79. The molecule has 3 nitrogen and oxygen atoms in total. The van der Waals surface area contributed by atoms with Gasteiger partial charge in [-0.2, -0.15) is 0 Å². The number of nitrogens with one attached hydrogen (secondary N) is 1. The number of hydrogen-bond donors (Lipinski definition) is 1. The Labute approximate surface area is 93.4 Å². The molecule has 0 saturated carbocycles. The fraction of sp³-hybridized carbons (Fsp3) is 0.308. The Morgan fingerprint density at radius 1 is 1.38 bits per heavy atom. The Balaban J connectivity index is 1.81. The molecule has 1 N–H and O–H groups in total. The zero-order valence-electron chi connectivity index (χ0n) is 8.90. The number of fused-ring (bicyclic) bond motifs is 1. The SMILES string of the molecule is O=C1CCC(Cc2cc3ccccc3o2)N1. The van der Waals surface area contributed by atoms with Crippen molar-refractivity contribution in [1.29, 1.82) is 0 Å². The average Bonchev–Trinajstić information content (AvgIpc) is 2.84. The first kappa shape index (κ1) is 9.46. The van der Waals surface area contributed by atoms with Gasteiger partial charge in [-0.25, -0.2) is 0 Å². The van der Waals surface area contributed by atoms with Crippen molar-refractivity contribution in [2.24, 2.45) is 0 Å². The number of carbonyl (C=O) groups is 1. The minimum Gasteiger partial charge on any atom is -0.461 e. The van der Waals surface area contributed by atoms with Crippen LogP contribution in [0, 0.1) is 0 Å². The zero-order valence-corrected chi connectivity index (χ0v) is 8.90. The van der Waals surface area contributed by atoms with Crippen molar-refractivity contribution in [2.75, 3.05) is 0 Å². The fourth-order valence-corrected chi connectivity index (χ4v) is 2.21. The smallest absolute Gasteiger partial charge is 0.220 e. The lowest BCUT2D eigenvalue weighted by Crippen LogP contribution is -2.26. The van der Waals surface area contributed by atoms with Crippen molar-refractivity contribution in [3.05, 3.63) is 36.1 Å². The number of carbonyl (C=O) groups excluding carboxylic acids is 1. The quantitative estimate of drug-likeness (QED) is 0.834. The van der Waals surface area contributed by atoms with Gasteiger partial charge in [-0.3, -0.25) is 4.79 Å². The molecule has 16 heavy (non-hydrogen) atoms. The minimum atomic E-state index is 0.154. The Kier molecular flexibility index (Phi) is 2.17. The first-order valence-electron chi connectivity index (χ1n) is 5.58. The van der Waals surface area contributed by atoms with Gasteiger partial charge in [-0.1, -0.05) is 18.2 Å². The molecule has 1 unspecified atom stereocenters. The second kappa shape index (κ2) is 3.67. The van der Waals surface area contributed by atoms with Gasteiger partial charge in [0, 0.05) is 24.3 Å². The molecule has 1 aliphatic heterocycles. The number of amides is 1. The molecule has 1 saturated heterocycles. The largest absolute Gasteiger partial charge is 0.461 e. The molecule has 0 aliphatic carbocycles. The Bertz CT molecular complexity index is 496. The number of rotatable bonds is 2. The van der Waals surface area contributed by atoms with E-state index in [9.17, 15) is 4.79 Å². The van der Waals surface area contributed by atoms with Crippen molar-refractivity contribution in [3.63, 3.8) is 0 Å². The predicted molar refractivity (Wildman–Crippen MR) is 61.1 cm³/mol. The van der Waals surface area contributed by atoms with Crippen LogP contribution in [0.2, 0.25) is 0 Å². The molecule has 3 rings (SSSR count). The van der Waals surface area contributed by atoms with Crippen molar-refractivity contribution in [1.82, 2.24) is 5.32 Å². The molecule has 3 heteroatoms. The third-order valence-electron chi connectivity index (χ3n) is 3.01. The van der Waals surface area contributed by atoms with Crippen LogP contribution in [0.25, 0.3) is 11.0 Å². The molecule has 1 aromatic carbocycles. The molecular formula is C13H13NO2. The van der Waals surface area contributed by atoms with E-state index in [0.717, 1.165) is 29.6 Å². The van der Waals surface area contributed by atoms with Crippen molar-refractivity contribution < 1.29 is 9.21 Å². The van der Waals surface area contributed by atoms with Gasteiger partial charge in [0.05, 0.1) is 0 Å². The maximum Gasteiger partial charge on any atom is 0.220 e. The molecule has 1 aromatic heterocycles. The number of para-hydroxylation sites is 1. The topological polar surface area (TPSA) is 42.2 Å². The number of furan rings is 1. The lowest BCUT2D eigenvalue weighted by molar-refractivity contribution is -0.119. The van der Waals surface area contributed by atoms with Gasteiger partial charge in [0.25, 0.3) is 0 Å². The van der Waals surface area contributed by atoms with Crippen molar-refractivity contribution in [3.8, 4) is 0 Å². The van der Waals surface area contributed by atoms with Gasteiger partial charge in [-0.05, 0) is 18.6 Å². The van der Waals surface area contributed by atoms with E-state index >= 15 is 0 Å². The third-order valence-corrected chi connectivity index (χ3v) is 3.01. The lowest BCUT2D eigenvalue weighted by atomic mass is 10.1. The Morgan fingerprint density at radius 3 is 3.00 bits per heavy atom. The molecule has 1 atom stereocenters. The van der Waals surface area contributed by atoms with Crippen LogP contribution in [0.1, 0.15) is 18.6 Å². The summed E-state index contributed by atoms with van der Waals surface area (Å²) in [4.78, 5) is 11.1. The molecule has 1 fully saturated rings. The second-order valence-corrected chi connectivity index (χ2v) is 4.26. The fourth-order valence-electron chi connectivity index (χ4n) is 2.21. The summed E-state index contributed by atoms with van der Waals surface area (Å²) in [6.45, 7) is 0. The molecular weight excluding hydrogens is 202 g/mol. The molecule has 2 heterocycles. The van der Waals surface area contributed by atoms with Crippen LogP contribution < -0.4 is 5.32 Å². The Morgan fingerprint density at radius 2 is 2.25 bits per heavy atom. The molecule has 0 spiro atoms. The summed E-state index contributed by atoms with van der Waals surface area (Å²) in [7, 11) is 0. The highest BCUT2D eigenvalue weighted by Gasteiger charge is 2.21. The molecule has 0 bridgehead atoms. The van der Waals surface area contributed by atoms with Crippen LogP contribution in [0.5, 0.6) is 0 Å². The van der Waals surface area contributed by atoms with Crippen LogP contribution in [0.4, 0.5) is 0 Å². The molecule has 1 amide bonds. The summed E-state index contributed by atoms with van der Waals surface area (Å²) in [6.07, 6.45) is 2.35. The van der Waals surface area contributed by atoms with E-state index in [1.54, 1.807) is 0 Å². The van der Waals surface area contributed by atoms with Gasteiger partial charge >= 0.3 is 0 Å². The van der Waals surface area contributed by atoms with E-state index in [4.69, 9.17) is 4.42 Å². The van der Waals surface area contributed by atoms with Gasteiger partial charge < -0.3 is 9.73 Å². The monoisotopic (exact) mass is 215 g/mol. The summed E-state index contributed by atoms with van der Waals surface area (Å²) in [6, 6.07) is 10.3. The summed E-state index contributed by atoms with van der Waals surface area (Å²) in [5, 5.41) is 4.07. The van der Waals surface area contributed by atoms with E-state index in [0.29, 0.717) is 6.42 Å². The predicted octanol–water partition coefficient (Wildman–Crippen LogP) is 2.25. The van der Waals surface area contributed by atoms with Gasteiger partial charge in [0.1, 0.15) is 11.3 Å². The van der Waals surface area contributed by atoms with Crippen molar-refractivity contribution >= 4 is 16.9 Å². The lowest BCUT2D eigenvalue weighted by Gasteiger charge is -2.06. The second-order valence-electron chi connectivity index (χ2n) is 4.26. The molecule has 2 aromatic rings. The van der Waals surface area contributed by atoms with E-state index in [-0.39, 0.29) is 11.9 Å². The summed E-state index contributed by atoms with van der Waals surface area (Å²) in [5.74, 6) is 1.11. The summed E-state index contributed by atoms with van der Waals surface area (Å²) >= 11 is 0. The normalized spacial score (nSPS) is 20.2. The van der Waals surface area contributed by atoms with E-state index in [2.05, 4.69) is 11.4 Å². The summed E-state index contributed by atoms with van der Waals surface area (Å²) in [5.41, 5.74) is 0.918. The van der Waals surface area contributed by atoms with Crippen LogP contribution in [0.15, 0.2) is 34.7 Å². The highest BCUT2D eigenvalue weighted by atomic mass is 16.3. The van der Waals surface area contributed by atoms with Crippen LogP contribution in [-0.4, -0.2) is 11.9 Å². The molecule has 82 valence electrons. The summed E-state index contributed by atoms with van der Waals surface area (Å²) < 4.78 is 5.71. The maximum atomic E-state index is 11.1. The first-order chi connectivity index (χ1) is 7.81. The van der Waals surface area contributed by atoms with Gasteiger partial charge in [0.15, 0.2) is 0 Å². The van der Waals surface area contributed by atoms with Gasteiger partial charge in [0.2, 0.25) is 5.91 Å². The minimum absolute atomic E-state index is 0.154. The van der Waals surface area contributed by atoms with Crippen molar-refractivity contribution in [2.45, 2.75) is 25.3 Å². The number of benzene rings is 1. The average molecular weight is 215 g/mol. The van der Waals surface area contributed by atoms with E-state index < -0.39 is 0 Å².